The van der Waals surface area contributed by atoms with Crippen LogP contribution < -0.4 is 10.5 Å². The van der Waals surface area contributed by atoms with Crippen LogP contribution in [-0.4, -0.2) is 21.5 Å². The van der Waals surface area contributed by atoms with E-state index in [0.29, 0.717) is 6.54 Å². The Balaban J connectivity index is 3.02. The van der Waals surface area contributed by atoms with Gasteiger partial charge in [-0.25, -0.2) is 13.1 Å². The van der Waals surface area contributed by atoms with Gasteiger partial charge in [-0.3, -0.25) is 0 Å². The number of nitriles is 1. The molecule has 7 heteroatoms. The van der Waals surface area contributed by atoms with Crippen LogP contribution in [0.1, 0.15) is 5.56 Å². The largest absolute Gasteiger partial charge is 0.327 e. The Bertz CT molecular complexity index is 591. The lowest BCUT2D eigenvalue weighted by Crippen LogP contribution is -2.24. The fourth-order valence-corrected chi connectivity index (χ4v) is 2.62. The van der Waals surface area contributed by atoms with Crippen molar-refractivity contribution >= 4 is 21.6 Å². The smallest absolute Gasteiger partial charge is 0.242 e. The highest BCUT2D eigenvalue weighted by molar-refractivity contribution is 7.89. The first-order chi connectivity index (χ1) is 8.51. The molecule has 0 bridgehead atoms. The van der Waals surface area contributed by atoms with Crippen LogP contribution in [0.2, 0.25) is 5.02 Å². The summed E-state index contributed by atoms with van der Waals surface area (Å²) in [5, 5.41) is 9.12. The van der Waals surface area contributed by atoms with Gasteiger partial charge in [0, 0.05) is 18.1 Å². The molecule has 0 saturated carbocycles. The number of hydrogen-bond acceptors (Lipinski definition) is 4. The van der Waals surface area contributed by atoms with Crippen LogP contribution in [0, 0.1) is 11.3 Å². The van der Waals surface area contributed by atoms with Gasteiger partial charge in [0.25, 0.3) is 0 Å². The molecule has 1 aromatic rings. The monoisotopic (exact) mass is 285 g/mol. The van der Waals surface area contributed by atoms with E-state index in [1.807, 2.05) is 6.07 Å². The van der Waals surface area contributed by atoms with E-state index in [2.05, 4.69) is 4.72 Å². The van der Waals surface area contributed by atoms with Crippen molar-refractivity contribution in [3.63, 3.8) is 0 Å². The Hall–Kier alpha value is -1.39. The Morgan fingerprint density at radius 3 is 2.78 bits per heavy atom. The van der Waals surface area contributed by atoms with Gasteiger partial charge in [0.05, 0.1) is 5.56 Å². The number of halogens is 1. The first kappa shape index (κ1) is 14.7. The maximum absolute atomic E-state index is 11.9. The van der Waals surface area contributed by atoms with Gasteiger partial charge in [-0.05, 0) is 18.2 Å². The lowest BCUT2D eigenvalue weighted by Gasteiger charge is -2.06. The highest BCUT2D eigenvalue weighted by atomic mass is 35.5. The minimum atomic E-state index is -3.76. The molecule has 0 aliphatic rings. The summed E-state index contributed by atoms with van der Waals surface area (Å²) in [6.07, 6.45) is 3.22. The third-order valence-electron chi connectivity index (χ3n) is 2.05. The van der Waals surface area contributed by atoms with Crippen LogP contribution in [-0.2, 0) is 10.0 Å². The maximum atomic E-state index is 11.9. The average Bonchev–Trinajstić information content (AvgIpc) is 2.35. The highest BCUT2D eigenvalue weighted by Crippen LogP contribution is 2.19. The minimum absolute atomic E-state index is 0.0507. The van der Waals surface area contributed by atoms with Crippen LogP contribution in [0.4, 0.5) is 0 Å². The molecule has 0 atom stereocenters. The summed E-state index contributed by atoms with van der Waals surface area (Å²) in [6, 6.07) is 5.89. The zero-order valence-electron chi connectivity index (χ0n) is 9.43. The molecule has 0 aliphatic carbocycles. The summed E-state index contributed by atoms with van der Waals surface area (Å²) in [5.41, 5.74) is 5.28. The van der Waals surface area contributed by atoms with Crippen LogP contribution in [0.15, 0.2) is 35.2 Å². The highest BCUT2D eigenvalue weighted by Gasteiger charge is 2.18. The predicted molar refractivity (Wildman–Crippen MR) is 69.5 cm³/mol. The molecule has 0 fully saturated rings. The number of sulfonamides is 1. The fraction of sp³-hybridized carbons (Fsp3) is 0.182. The van der Waals surface area contributed by atoms with Crippen molar-refractivity contribution in [3.05, 3.63) is 40.9 Å². The van der Waals surface area contributed by atoms with Crippen LogP contribution in [0.3, 0.4) is 0 Å². The van der Waals surface area contributed by atoms with Gasteiger partial charge in [0.15, 0.2) is 0 Å². The van der Waals surface area contributed by atoms with Gasteiger partial charge >= 0.3 is 0 Å². The molecule has 0 aromatic heterocycles. The van der Waals surface area contributed by atoms with Crippen molar-refractivity contribution in [1.29, 1.82) is 5.26 Å². The zero-order chi connectivity index (χ0) is 13.6. The zero-order valence-corrected chi connectivity index (χ0v) is 11.0. The molecule has 0 aliphatic heterocycles. The van der Waals surface area contributed by atoms with E-state index in [1.165, 1.54) is 18.2 Å². The molecule has 0 radical (unpaired) electrons. The predicted octanol–water partition coefficient (Wildman–Crippen LogP) is 1.00. The molecule has 96 valence electrons. The molecule has 0 amide bonds. The van der Waals surface area contributed by atoms with Crippen LogP contribution in [0.25, 0.3) is 0 Å². The number of nitrogens with two attached hydrogens (primary N) is 1. The summed E-state index contributed by atoms with van der Waals surface area (Å²) < 4.78 is 26.2. The Morgan fingerprint density at radius 1 is 1.44 bits per heavy atom. The molecule has 1 rings (SSSR count). The number of benzene rings is 1. The summed E-state index contributed by atoms with van der Waals surface area (Å²) in [5.74, 6) is 0. The molecule has 1 aromatic carbocycles. The average molecular weight is 286 g/mol. The molecule has 18 heavy (non-hydrogen) atoms. The van der Waals surface area contributed by atoms with Crippen LogP contribution in [0.5, 0.6) is 0 Å². The van der Waals surface area contributed by atoms with E-state index in [4.69, 9.17) is 22.6 Å². The molecule has 0 heterocycles. The van der Waals surface area contributed by atoms with Gasteiger partial charge in [0.1, 0.15) is 11.0 Å². The van der Waals surface area contributed by atoms with Crippen molar-refractivity contribution in [2.45, 2.75) is 4.90 Å². The number of rotatable bonds is 5. The topological polar surface area (TPSA) is 96.0 Å². The van der Waals surface area contributed by atoms with Crippen molar-refractivity contribution in [2.75, 3.05) is 13.1 Å². The normalized spacial score (nSPS) is 11.6. The van der Waals surface area contributed by atoms with Gasteiger partial charge in [-0.15, -0.1) is 0 Å². The summed E-state index contributed by atoms with van der Waals surface area (Å²) in [4.78, 5) is -0.126. The number of nitrogens with one attached hydrogen (secondary N) is 1. The minimum Gasteiger partial charge on any atom is -0.327 e. The Kier molecular flexibility index (Phi) is 5.31. The third-order valence-corrected chi connectivity index (χ3v) is 3.75. The molecule has 0 spiro atoms. The van der Waals surface area contributed by atoms with Crippen LogP contribution >= 0.6 is 11.6 Å². The van der Waals surface area contributed by atoms with E-state index in [1.54, 1.807) is 12.2 Å². The number of nitrogens with zero attached hydrogens (tertiary/aromatic N) is 1. The summed E-state index contributed by atoms with van der Waals surface area (Å²) in [6.45, 7) is 0.444. The second kappa shape index (κ2) is 6.52. The van der Waals surface area contributed by atoms with E-state index in [9.17, 15) is 8.42 Å². The fourth-order valence-electron chi connectivity index (χ4n) is 1.23. The second-order valence-electron chi connectivity index (χ2n) is 3.31. The van der Waals surface area contributed by atoms with E-state index < -0.39 is 10.0 Å². The maximum Gasteiger partial charge on any atom is 0.242 e. The van der Waals surface area contributed by atoms with E-state index in [0.717, 1.165) is 0 Å². The Labute approximate surface area is 111 Å². The molecular weight excluding hydrogens is 274 g/mol. The number of hydrogen-bond donors (Lipinski definition) is 2. The van der Waals surface area contributed by atoms with Gasteiger partial charge < -0.3 is 5.73 Å². The van der Waals surface area contributed by atoms with Gasteiger partial charge in [-0.1, -0.05) is 23.8 Å². The summed E-state index contributed by atoms with van der Waals surface area (Å²) >= 11 is 5.73. The molecule has 5 nitrogen and oxygen atoms in total. The van der Waals surface area contributed by atoms with Crippen molar-refractivity contribution in [3.8, 4) is 6.07 Å². The van der Waals surface area contributed by atoms with Gasteiger partial charge in [-0.2, -0.15) is 5.26 Å². The quantitative estimate of drug-likeness (QED) is 0.789. The second-order valence-corrected chi connectivity index (χ2v) is 5.48. The molecule has 0 unspecified atom stereocenters. The molecular formula is C11H12ClN3O2S. The summed E-state index contributed by atoms with van der Waals surface area (Å²) in [7, 11) is -3.76. The standard InChI is InChI=1S/C11H12ClN3O2S/c12-10-4-3-9(8-14)11(7-10)18(16,17)15-6-2-1-5-13/h1-4,7,15H,5-6,13H2/b2-1+. The van der Waals surface area contributed by atoms with Crippen molar-refractivity contribution in [1.82, 2.24) is 4.72 Å². The van der Waals surface area contributed by atoms with E-state index in [-0.39, 0.29) is 22.0 Å². The van der Waals surface area contributed by atoms with E-state index >= 15 is 0 Å². The first-order valence-electron chi connectivity index (χ1n) is 5.05. The van der Waals surface area contributed by atoms with Gasteiger partial charge in [0.2, 0.25) is 10.0 Å². The van der Waals surface area contributed by atoms with Crippen molar-refractivity contribution < 1.29 is 8.42 Å². The molecule has 0 saturated heterocycles. The Morgan fingerprint density at radius 2 is 2.17 bits per heavy atom. The third kappa shape index (κ3) is 3.82. The molecule has 3 N–H and O–H groups in total. The SMILES string of the molecule is N#Cc1ccc(Cl)cc1S(=O)(=O)NC/C=C/CN. The lowest BCUT2D eigenvalue weighted by molar-refractivity contribution is 0.585. The first-order valence-corrected chi connectivity index (χ1v) is 6.91. The lowest BCUT2D eigenvalue weighted by atomic mass is 10.2. The van der Waals surface area contributed by atoms with Crippen molar-refractivity contribution in [2.24, 2.45) is 5.73 Å².